The number of hydrogen-bond acceptors (Lipinski definition) is 4. The summed E-state index contributed by atoms with van der Waals surface area (Å²) < 4.78 is 1.41. The van der Waals surface area contributed by atoms with E-state index in [1.165, 1.54) is 10.9 Å². The first-order chi connectivity index (χ1) is 7.89. The minimum absolute atomic E-state index is 0.0244. The number of rotatable bonds is 6. The van der Waals surface area contributed by atoms with Crippen LogP contribution in [-0.2, 0) is 16.1 Å². The third kappa shape index (κ3) is 5.10. The number of carbonyl (C=O) groups excluding carboxylic acids is 1. The summed E-state index contributed by atoms with van der Waals surface area (Å²) in [6, 6.07) is 0. The molecule has 7 nitrogen and oxygen atoms in total. The third-order valence-corrected chi connectivity index (χ3v) is 2.22. The van der Waals surface area contributed by atoms with Gasteiger partial charge in [-0.1, -0.05) is 5.21 Å². The topological polar surface area (TPSA) is 97.1 Å². The van der Waals surface area contributed by atoms with E-state index in [2.05, 4.69) is 15.6 Å². The summed E-state index contributed by atoms with van der Waals surface area (Å²) in [5.41, 5.74) is -0.546. The summed E-state index contributed by atoms with van der Waals surface area (Å²) >= 11 is 0. The van der Waals surface area contributed by atoms with E-state index >= 15 is 0 Å². The lowest BCUT2D eigenvalue weighted by atomic mass is 9.98. The Labute approximate surface area is 98.8 Å². The van der Waals surface area contributed by atoms with Crippen molar-refractivity contribution >= 4 is 11.9 Å². The molecule has 0 atom stereocenters. The van der Waals surface area contributed by atoms with E-state index in [0.717, 1.165) is 0 Å². The first kappa shape index (κ1) is 13.1. The molecule has 0 saturated heterocycles. The van der Waals surface area contributed by atoms with Crippen molar-refractivity contribution in [3.8, 4) is 0 Å². The molecule has 0 aliphatic rings. The fourth-order valence-electron chi connectivity index (χ4n) is 1.36. The van der Waals surface area contributed by atoms with Crippen LogP contribution in [0, 0.1) is 0 Å². The lowest BCUT2D eigenvalue weighted by Crippen LogP contribution is -2.45. The van der Waals surface area contributed by atoms with Gasteiger partial charge in [0, 0.05) is 18.2 Å². The van der Waals surface area contributed by atoms with E-state index < -0.39 is 11.5 Å². The molecule has 0 aromatic carbocycles. The second-order valence-electron chi connectivity index (χ2n) is 4.43. The van der Waals surface area contributed by atoms with Crippen LogP contribution in [0.2, 0.25) is 0 Å². The summed E-state index contributed by atoms with van der Waals surface area (Å²) in [5, 5.41) is 18.6. The summed E-state index contributed by atoms with van der Waals surface area (Å²) in [5.74, 6) is -1.09. The predicted molar refractivity (Wildman–Crippen MR) is 59.1 cm³/mol. The molecule has 1 aromatic rings. The van der Waals surface area contributed by atoms with Gasteiger partial charge in [-0.15, -0.1) is 5.10 Å². The van der Waals surface area contributed by atoms with Crippen molar-refractivity contribution in [3.63, 3.8) is 0 Å². The number of aliphatic carboxylic acids is 1. The van der Waals surface area contributed by atoms with Crippen LogP contribution in [0.15, 0.2) is 12.4 Å². The second kappa shape index (κ2) is 5.42. The number of nitrogens with zero attached hydrogens (tertiary/aromatic N) is 3. The van der Waals surface area contributed by atoms with Crippen molar-refractivity contribution in [3.05, 3.63) is 12.4 Å². The quantitative estimate of drug-likeness (QED) is 0.731. The van der Waals surface area contributed by atoms with Crippen LogP contribution in [0.5, 0.6) is 0 Å². The van der Waals surface area contributed by atoms with Crippen LogP contribution in [0.25, 0.3) is 0 Å². The van der Waals surface area contributed by atoms with Gasteiger partial charge >= 0.3 is 5.97 Å². The highest BCUT2D eigenvalue weighted by Crippen LogP contribution is 2.11. The van der Waals surface area contributed by atoms with Crippen molar-refractivity contribution in [2.24, 2.45) is 0 Å². The lowest BCUT2D eigenvalue weighted by Gasteiger charge is -2.25. The van der Waals surface area contributed by atoms with Crippen molar-refractivity contribution < 1.29 is 14.7 Å². The molecule has 7 heteroatoms. The average molecular weight is 240 g/mol. The molecule has 0 radical (unpaired) electrons. The average Bonchev–Trinajstić information content (AvgIpc) is 2.66. The minimum atomic E-state index is -0.872. The monoisotopic (exact) mass is 240 g/mol. The molecule has 0 aliphatic heterocycles. The summed E-state index contributed by atoms with van der Waals surface area (Å²) in [6.07, 6.45) is 3.48. The van der Waals surface area contributed by atoms with E-state index in [1.54, 1.807) is 20.0 Å². The molecule has 1 heterocycles. The smallest absolute Gasteiger partial charge is 0.303 e. The Morgan fingerprint density at radius 3 is 2.71 bits per heavy atom. The van der Waals surface area contributed by atoms with Crippen LogP contribution >= 0.6 is 0 Å². The van der Waals surface area contributed by atoms with Crippen molar-refractivity contribution in [1.82, 2.24) is 20.3 Å². The van der Waals surface area contributed by atoms with Crippen LogP contribution in [0.1, 0.15) is 26.7 Å². The van der Waals surface area contributed by atoms with Crippen molar-refractivity contribution in [1.29, 1.82) is 0 Å². The summed E-state index contributed by atoms with van der Waals surface area (Å²) in [6.45, 7) is 3.65. The van der Waals surface area contributed by atoms with Gasteiger partial charge in [0.1, 0.15) is 6.54 Å². The Balaban J connectivity index is 2.41. The van der Waals surface area contributed by atoms with E-state index in [-0.39, 0.29) is 18.9 Å². The van der Waals surface area contributed by atoms with Gasteiger partial charge in [0.2, 0.25) is 5.91 Å². The van der Waals surface area contributed by atoms with Gasteiger partial charge in [-0.3, -0.25) is 9.59 Å². The SMILES string of the molecule is CC(C)(CCC(=O)O)NC(=O)Cn1ccnn1. The van der Waals surface area contributed by atoms with Gasteiger partial charge < -0.3 is 10.4 Å². The Morgan fingerprint density at radius 1 is 1.47 bits per heavy atom. The fourth-order valence-corrected chi connectivity index (χ4v) is 1.36. The highest BCUT2D eigenvalue weighted by Gasteiger charge is 2.21. The van der Waals surface area contributed by atoms with Gasteiger partial charge in [0.05, 0.1) is 6.20 Å². The number of aromatic nitrogens is 3. The fraction of sp³-hybridized carbons (Fsp3) is 0.600. The zero-order valence-corrected chi connectivity index (χ0v) is 9.88. The Hall–Kier alpha value is -1.92. The molecule has 17 heavy (non-hydrogen) atoms. The van der Waals surface area contributed by atoms with Crippen LogP contribution in [-0.4, -0.2) is 37.5 Å². The number of carboxylic acids is 1. The first-order valence-corrected chi connectivity index (χ1v) is 5.26. The standard InChI is InChI=1S/C10H16N4O3/c1-10(2,4-3-9(16)17)12-8(15)7-14-6-5-11-13-14/h5-6H,3-4,7H2,1-2H3,(H,12,15)(H,16,17). The maximum absolute atomic E-state index is 11.6. The minimum Gasteiger partial charge on any atom is -0.481 e. The van der Waals surface area contributed by atoms with E-state index in [4.69, 9.17) is 5.11 Å². The summed E-state index contributed by atoms with van der Waals surface area (Å²) in [7, 11) is 0. The van der Waals surface area contributed by atoms with Gasteiger partial charge in [-0.25, -0.2) is 4.68 Å². The normalized spacial score (nSPS) is 11.2. The lowest BCUT2D eigenvalue weighted by molar-refractivity contribution is -0.137. The Kier molecular flexibility index (Phi) is 4.19. The molecule has 2 N–H and O–H groups in total. The number of carboxylic acid groups (broad SMARTS) is 1. The van der Waals surface area contributed by atoms with E-state index in [9.17, 15) is 9.59 Å². The maximum Gasteiger partial charge on any atom is 0.303 e. The first-order valence-electron chi connectivity index (χ1n) is 5.26. The molecule has 0 aliphatic carbocycles. The number of hydrogen-bond donors (Lipinski definition) is 2. The highest BCUT2D eigenvalue weighted by molar-refractivity contribution is 5.76. The van der Waals surface area contributed by atoms with Gasteiger partial charge in [-0.05, 0) is 20.3 Å². The molecular weight excluding hydrogens is 224 g/mol. The van der Waals surface area contributed by atoms with Crippen molar-refractivity contribution in [2.45, 2.75) is 38.8 Å². The zero-order chi connectivity index (χ0) is 12.9. The zero-order valence-electron chi connectivity index (χ0n) is 9.88. The molecule has 0 unspecified atom stereocenters. The summed E-state index contributed by atoms with van der Waals surface area (Å²) in [4.78, 5) is 22.1. The molecule has 94 valence electrons. The number of carbonyl (C=O) groups is 2. The molecule has 0 fully saturated rings. The Morgan fingerprint density at radius 2 is 2.18 bits per heavy atom. The highest BCUT2D eigenvalue weighted by atomic mass is 16.4. The van der Waals surface area contributed by atoms with Crippen LogP contribution in [0.3, 0.4) is 0 Å². The molecule has 0 spiro atoms. The van der Waals surface area contributed by atoms with Crippen LogP contribution in [0.4, 0.5) is 0 Å². The third-order valence-electron chi connectivity index (χ3n) is 2.22. The molecule has 1 aromatic heterocycles. The number of nitrogens with one attached hydrogen (secondary N) is 1. The largest absolute Gasteiger partial charge is 0.481 e. The molecule has 0 bridgehead atoms. The van der Waals surface area contributed by atoms with E-state index in [0.29, 0.717) is 6.42 Å². The molecule has 1 amide bonds. The maximum atomic E-state index is 11.6. The van der Waals surface area contributed by atoms with Gasteiger partial charge in [0.25, 0.3) is 0 Å². The van der Waals surface area contributed by atoms with Crippen molar-refractivity contribution in [2.75, 3.05) is 0 Å². The second-order valence-corrected chi connectivity index (χ2v) is 4.43. The van der Waals surface area contributed by atoms with Gasteiger partial charge in [0.15, 0.2) is 0 Å². The van der Waals surface area contributed by atoms with Gasteiger partial charge in [-0.2, -0.15) is 0 Å². The molecule has 1 rings (SSSR count). The number of amides is 1. The van der Waals surface area contributed by atoms with E-state index in [1.807, 2.05) is 0 Å². The molecular formula is C10H16N4O3. The predicted octanol–water partition coefficient (Wildman–Crippen LogP) is 0.0377. The molecule has 0 saturated carbocycles. The van der Waals surface area contributed by atoms with Crippen LogP contribution < -0.4 is 5.32 Å². The Bertz CT molecular complexity index is 386.